The highest BCUT2D eigenvalue weighted by Crippen LogP contribution is 2.38. The van der Waals surface area contributed by atoms with Gasteiger partial charge in [0.2, 0.25) is 5.82 Å². The number of hydrazone groups is 1. The number of methoxy groups -OCH3 is 1. The van der Waals surface area contributed by atoms with Crippen molar-refractivity contribution in [1.29, 1.82) is 0 Å². The zero-order chi connectivity index (χ0) is 28.7. The minimum Gasteiger partial charge on any atom is -0.493 e. The van der Waals surface area contributed by atoms with Crippen molar-refractivity contribution in [2.24, 2.45) is 5.10 Å². The van der Waals surface area contributed by atoms with Gasteiger partial charge in [0.15, 0.2) is 34.8 Å². The Hall–Kier alpha value is -4.00. The summed E-state index contributed by atoms with van der Waals surface area (Å²) < 4.78 is 82.6. The lowest BCUT2D eigenvalue weighted by Crippen LogP contribution is -2.25. The van der Waals surface area contributed by atoms with Crippen molar-refractivity contribution in [2.75, 3.05) is 12.1 Å². The van der Waals surface area contributed by atoms with Gasteiger partial charge in [-0.15, -0.1) is 0 Å². The van der Waals surface area contributed by atoms with Crippen LogP contribution in [0.1, 0.15) is 18.1 Å². The normalized spacial score (nSPS) is 14.3. The van der Waals surface area contributed by atoms with Crippen LogP contribution < -0.4 is 14.5 Å². The first kappa shape index (κ1) is 27.6. The van der Waals surface area contributed by atoms with Crippen LogP contribution in [0.2, 0.25) is 0 Å². The predicted octanol–water partition coefficient (Wildman–Crippen LogP) is 7.53. The molecule has 0 atom stereocenters. The monoisotopic (exact) mass is 664 g/mol. The number of hydrogen-bond donors (Lipinski definition) is 0. The van der Waals surface area contributed by atoms with E-state index in [2.05, 4.69) is 5.10 Å². The molecule has 0 aromatic heterocycles. The van der Waals surface area contributed by atoms with Gasteiger partial charge in [0, 0.05) is 9.13 Å². The molecule has 1 aliphatic heterocycles. The van der Waals surface area contributed by atoms with Gasteiger partial charge in [-0.2, -0.15) is 10.1 Å². The highest BCUT2D eigenvalue weighted by Gasteiger charge is 2.37. The molecule has 0 radical (unpaired) electrons. The highest BCUT2D eigenvalue weighted by molar-refractivity contribution is 14.1. The van der Waals surface area contributed by atoms with Gasteiger partial charge >= 0.3 is 0 Å². The summed E-state index contributed by atoms with van der Waals surface area (Å²) in [6, 6.07) is 17.0. The molecular weight excluding hydrogens is 646 g/mol. The van der Waals surface area contributed by atoms with E-state index in [1.54, 1.807) is 12.1 Å². The Morgan fingerprint density at radius 1 is 0.925 bits per heavy atom. The predicted molar refractivity (Wildman–Crippen MR) is 149 cm³/mol. The van der Waals surface area contributed by atoms with Crippen molar-refractivity contribution in [3.8, 4) is 11.5 Å². The molecule has 5 nitrogen and oxygen atoms in total. The molecule has 11 heteroatoms. The maximum Gasteiger partial charge on any atom is 0.280 e. The number of carbonyl (C=O) groups excluding carboxylic acids is 1. The Kier molecular flexibility index (Phi) is 7.49. The number of fused-ring (bicyclic) bond motifs is 1. The van der Waals surface area contributed by atoms with Gasteiger partial charge in [0.05, 0.1) is 18.4 Å². The van der Waals surface area contributed by atoms with Crippen molar-refractivity contribution in [3.05, 3.63) is 104 Å². The zero-order valence-corrected chi connectivity index (χ0v) is 23.0. The zero-order valence-electron chi connectivity index (χ0n) is 20.9. The maximum atomic E-state index is 14.5. The second-order valence-corrected chi connectivity index (χ2v) is 9.98. The first-order chi connectivity index (χ1) is 19.1. The summed E-state index contributed by atoms with van der Waals surface area (Å²) in [4.78, 5) is 13.2. The van der Waals surface area contributed by atoms with Gasteiger partial charge < -0.3 is 9.47 Å². The van der Waals surface area contributed by atoms with Crippen LogP contribution >= 0.6 is 22.6 Å². The molecule has 0 fully saturated rings. The summed E-state index contributed by atoms with van der Waals surface area (Å²) in [5.74, 6) is -11.5. The minimum absolute atomic E-state index is 0.00762. The third-order valence-electron chi connectivity index (χ3n) is 6.28. The van der Waals surface area contributed by atoms with Crippen LogP contribution in [0.25, 0.3) is 16.8 Å². The van der Waals surface area contributed by atoms with Crippen LogP contribution in [0.3, 0.4) is 0 Å². The molecule has 204 valence electrons. The number of hydrogen-bond acceptors (Lipinski definition) is 4. The molecule has 0 aliphatic carbocycles. The van der Waals surface area contributed by atoms with Crippen LogP contribution in [-0.4, -0.2) is 18.7 Å². The third kappa shape index (κ3) is 4.78. The number of benzene rings is 4. The fourth-order valence-electron chi connectivity index (χ4n) is 4.34. The lowest BCUT2D eigenvalue weighted by atomic mass is 10.0. The van der Waals surface area contributed by atoms with Gasteiger partial charge in [-0.05, 0) is 64.1 Å². The Morgan fingerprint density at radius 2 is 1.57 bits per heavy atom. The van der Waals surface area contributed by atoms with Crippen molar-refractivity contribution in [1.82, 2.24) is 0 Å². The minimum atomic E-state index is -2.33. The van der Waals surface area contributed by atoms with Gasteiger partial charge in [0.1, 0.15) is 12.3 Å². The third-order valence-corrected chi connectivity index (χ3v) is 6.90. The number of amides is 1. The lowest BCUT2D eigenvalue weighted by Gasteiger charge is -2.16. The molecule has 0 saturated carbocycles. The molecule has 0 bridgehead atoms. The number of halogens is 6. The van der Waals surface area contributed by atoms with E-state index in [4.69, 9.17) is 9.47 Å². The Balaban J connectivity index is 1.55. The number of nitrogens with zero attached hydrogens (tertiary/aromatic N) is 2. The number of rotatable bonds is 6. The Labute approximate surface area is 238 Å². The average molecular weight is 664 g/mol. The number of anilines is 1. The van der Waals surface area contributed by atoms with Gasteiger partial charge in [-0.3, -0.25) is 4.79 Å². The molecule has 5 rings (SSSR count). The largest absolute Gasteiger partial charge is 0.493 e. The topological polar surface area (TPSA) is 51.1 Å². The second-order valence-electron chi connectivity index (χ2n) is 8.73. The molecule has 0 spiro atoms. The molecule has 1 heterocycles. The molecule has 40 heavy (non-hydrogen) atoms. The van der Waals surface area contributed by atoms with Crippen molar-refractivity contribution >= 4 is 56.7 Å². The fraction of sp³-hybridized carbons (Fsp3) is 0.103. The summed E-state index contributed by atoms with van der Waals surface area (Å²) in [7, 11) is 1.45. The molecule has 0 unspecified atom stereocenters. The number of ether oxygens (including phenoxy) is 2. The van der Waals surface area contributed by atoms with Gasteiger partial charge in [-0.1, -0.05) is 42.5 Å². The van der Waals surface area contributed by atoms with E-state index in [-0.39, 0.29) is 28.7 Å². The highest BCUT2D eigenvalue weighted by atomic mass is 127. The van der Waals surface area contributed by atoms with Crippen molar-refractivity contribution < 1.29 is 36.2 Å². The summed E-state index contributed by atoms with van der Waals surface area (Å²) in [5.41, 5.74) is -0.336. The van der Waals surface area contributed by atoms with Crippen LogP contribution in [-0.2, 0) is 11.4 Å². The van der Waals surface area contributed by atoms with Gasteiger partial charge in [0.25, 0.3) is 5.91 Å². The summed E-state index contributed by atoms with van der Waals surface area (Å²) >= 11 is 2.04. The maximum absolute atomic E-state index is 14.5. The number of carbonyl (C=O) groups is 1. The van der Waals surface area contributed by atoms with Crippen molar-refractivity contribution in [2.45, 2.75) is 13.5 Å². The first-order valence-electron chi connectivity index (χ1n) is 11.7. The Bertz CT molecular complexity index is 1720. The van der Waals surface area contributed by atoms with Crippen LogP contribution in [0, 0.1) is 32.7 Å². The Morgan fingerprint density at radius 3 is 2.27 bits per heavy atom. The van der Waals surface area contributed by atoms with Crippen LogP contribution in [0.5, 0.6) is 11.5 Å². The molecule has 1 aliphatic rings. The van der Waals surface area contributed by atoms with E-state index in [1.807, 2.05) is 65.1 Å². The summed E-state index contributed by atoms with van der Waals surface area (Å²) in [5, 5.41) is 5.97. The second kappa shape index (κ2) is 10.9. The van der Waals surface area contributed by atoms with E-state index in [9.17, 15) is 26.7 Å². The fourth-order valence-corrected chi connectivity index (χ4v) is 4.96. The van der Waals surface area contributed by atoms with E-state index in [0.29, 0.717) is 11.3 Å². The van der Waals surface area contributed by atoms with E-state index in [1.165, 1.54) is 20.1 Å². The van der Waals surface area contributed by atoms with Crippen LogP contribution in [0.15, 0.2) is 65.3 Å². The molecule has 0 saturated heterocycles. The van der Waals surface area contributed by atoms with E-state index >= 15 is 0 Å². The molecule has 1 amide bonds. The molecule has 0 N–H and O–H groups in total. The SMILES string of the molecule is COc1cc(I)cc(/C=C2\C(=O)N(c3c(F)c(F)c(F)c(F)c3F)N=C2C)c1OCc1cccc2ccccc12. The summed E-state index contributed by atoms with van der Waals surface area (Å²) in [6.45, 7) is 1.52. The molecule has 4 aromatic carbocycles. The van der Waals surface area contributed by atoms with E-state index in [0.717, 1.165) is 19.9 Å². The van der Waals surface area contributed by atoms with Gasteiger partial charge in [-0.25, -0.2) is 22.0 Å². The first-order valence-corrected chi connectivity index (χ1v) is 12.8. The molecule has 4 aromatic rings. The summed E-state index contributed by atoms with van der Waals surface area (Å²) in [6.07, 6.45) is 1.37. The van der Waals surface area contributed by atoms with Crippen molar-refractivity contribution in [3.63, 3.8) is 0 Å². The quantitative estimate of drug-likeness (QED) is 0.0705. The average Bonchev–Trinajstić information content (AvgIpc) is 3.22. The molecular formula is C29H18F5IN2O3. The standard InChI is InChI=1S/C29H18F5IN2O3/c1-14-20(29(38)37(36-14)27-25(33)23(31)22(30)24(32)26(27)34)11-17-10-18(35)12-21(39-2)28(17)40-13-16-8-5-7-15-6-3-4-9-19(15)16/h3-12H,13H2,1-2H3/b20-11-. The lowest BCUT2D eigenvalue weighted by molar-refractivity contribution is -0.114. The smallest absolute Gasteiger partial charge is 0.280 e. The van der Waals surface area contributed by atoms with Crippen LogP contribution in [0.4, 0.5) is 27.6 Å². The van der Waals surface area contributed by atoms with E-state index < -0.39 is 40.7 Å².